The van der Waals surface area contributed by atoms with Crippen LogP contribution in [0, 0.1) is 5.92 Å². The Hall–Kier alpha value is -3.34. The molecule has 35 heavy (non-hydrogen) atoms. The molecule has 2 aromatic rings. The third kappa shape index (κ3) is 5.19. The molecule has 186 valence electrons. The summed E-state index contributed by atoms with van der Waals surface area (Å²) in [5, 5.41) is 0. The number of aromatic nitrogens is 1. The van der Waals surface area contributed by atoms with Gasteiger partial charge in [-0.05, 0) is 56.4 Å². The predicted octanol–water partition coefficient (Wildman–Crippen LogP) is 2.38. The van der Waals surface area contributed by atoms with Gasteiger partial charge in [-0.2, -0.15) is 8.42 Å². The number of fused-ring (bicyclic) bond motifs is 1. The van der Waals surface area contributed by atoms with E-state index < -0.39 is 10.2 Å². The number of nitrogens with two attached hydrogens (primary N) is 1. The van der Waals surface area contributed by atoms with Crippen molar-refractivity contribution in [3.8, 4) is 5.75 Å². The summed E-state index contributed by atoms with van der Waals surface area (Å²) in [4.78, 5) is 21.6. The minimum atomic E-state index is -3.84. The van der Waals surface area contributed by atoms with Gasteiger partial charge in [0.2, 0.25) is 0 Å². The van der Waals surface area contributed by atoms with Crippen molar-refractivity contribution in [1.82, 2.24) is 9.88 Å². The van der Waals surface area contributed by atoms with Crippen LogP contribution in [0.1, 0.15) is 48.0 Å². The van der Waals surface area contributed by atoms with Crippen molar-refractivity contribution in [1.29, 1.82) is 0 Å². The molecule has 3 aliphatic rings. The van der Waals surface area contributed by atoms with Gasteiger partial charge in [0.05, 0.1) is 17.9 Å². The monoisotopic (exact) mass is 498 g/mol. The number of carbonyl (C=O) groups excluding carboxylic acids is 1. The predicted molar refractivity (Wildman–Crippen MR) is 134 cm³/mol. The molecule has 5 rings (SSSR count). The van der Waals surface area contributed by atoms with Gasteiger partial charge < -0.3 is 20.3 Å². The number of hydrogen-bond donors (Lipinski definition) is 2. The van der Waals surface area contributed by atoms with Crippen LogP contribution in [0.4, 0.5) is 11.5 Å². The van der Waals surface area contributed by atoms with E-state index in [-0.39, 0.29) is 17.7 Å². The number of carbonyl (C=O) groups is 1. The molecule has 0 bridgehead atoms. The summed E-state index contributed by atoms with van der Waals surface area (Å²) in [5.41, 5.74) is 7.43. The SMILES string of the molecule is NC1=NS(=O)(=O)Nc2cccc(OC[C@H]3CCCN(c4cc(C(=O)N5CCCCC5)ccn4)C3)c21. The lowest BCUT2D eigenvalue weighted by atomic mass is 9.98. The first-order chi connectivity index (χ1) is 16.9. The largest absolute Gasteiger partial charge is 0.492 e. The van der Waals surface area contributed by atoms with Crippen molar-refractivity contribution in [2.45, 2.75) is 32.1 Å². The molecule has 0 aliphatic carbocycles. The van der Waals surface area contributed by atoms with Crippen LogP contribution in [0.3, 0.4) is 0 Å². The Morgan fingerprint density at radius 3 is 2.80 bits per heavy atom. The van der Waals surface area contributed by atoms with Crippen LogP contribution in [0.2, 0.25) is 0 Å². The average Bonchev–Trinajstić information content (AvgIpc) is 2.87. The Labute approximate surface area is 205 Å². The highest BCUT2D eigenvalue weighted by Gasteiger charge is 2.27. The van der Waals surface area contributed by atoms with Crippen LogP contribution < -0.4 is 20.1 Å². The summed E-state index contributed by atoms with van der Waals surface area (Å²) < 4.78 is 35.7. The van der Waals surface area contributed by atoms with Crippen LogP contribution in [-0.2, 0) is 10.2 Å². The lowest BCUT2D eigenvalue weighted by molar-refractivity contribution is 0.0724. The molecule has 1 aromatic carbocycles. The Morgan fingerprint density at radius 2 is 1.97 bits per heavy atom. The molecule has 0 radical (unpaired) electrons. The van der Waals surface area contributed by atoms with Crippen molar-refractivity contribution in [3.05, 3.63) is 47.7 Å². The number of amides is 1. The van der Waals surface area contributed by atoms with Gasteiger partial charge in [0.1, 0.15) is 11.6 Å². The van der Waals surface area contributed by atoms with Crippen LogP contribution in [0.5, 0.6) is 5.75 Å². The Kier molecular flexibility index (Phi) is 6.50. The molecular formula is C24H30N6O4S. The Balaban J connectivity index is 1.25. The molecule has 2 fully saturated rings. The lowest BCUT2D eigenvalue weighted by Gasteiger charge is -2.34. The molecule has 3 N–H and O–H groups in total. The van der Waals surface area contributed by atoms with Gasteiger partial charge in [-0.1, -0.05) is 6.07 Å². The number of hydrogen-bond acceptors (Lipinski definition) is 7. The van der Waals surface area contributed by atoms with Crippen LogP contribution in [0.15, 0.2) is 40.9 Å². The maximum Gasteiger partial charge on any atom is 0.344 e. The Bertz CT molecular complexity index is 1240. The number of nitrogens with zero attached hydrogens (tertiary/aromatic N) is 4. The molecule has 3 aliphatic heterocycles. The van der Waals surface area contributed by atoms with Crippen molar-refractivity contribution < 1.29 is 17.9 Å². The summed E-state index contributed by atoms with van der Waals surface area (Å²) in [5.74, 6) is 1.53. The molecule has 10 nitrogen and oxygen atoms in total. The zero-order chi connectivity index (χ0) is 24.4. The van der Waals surface area contributed by atoms with E-state index in [1.54, 1.807) is 30.5 Å². The number of piperidine rings is 2. The molecule has 0 unspecified atom stereocenters. The minimum absolute atomic E-state index is 0.0778. The van der Waals surface area contributed by atoms with Crippen LogP contribution in [-0.4, -0.2) is 62.8 Å². The quantitative estimate of drug-likeness (QED) is 0.647. The maximum atomic E-state index is 12.9. The van der Waals surface area contributed by atoms with E-state index in [1.807, 2.05) is 11.0 Å². The number of pyridine rings is 1. The molecule has 4 heterocycles. The topological polar surface area (TPSA) is 130 Å². The third-order valence-corrected chi connectivity index (χ3v) is 7.61. The van der Waals surface area contributed by atoms with Crippen molar-refractivity contribution in [2.24, 2.45) is 16.0 Å². The van der Waals surface area contributed by atoms with E-state index in [1.165, 1.54) is 6.42 Å². The number of ether oxygens (including phenoxy) is 1. The van der Waals surface area contributed by atoms with Gasteiger partial charge in [-0.3, -0.25) is 9.52 Å². The first-order valence-corrected chi connectivity index (χ1v) is 13.5. The van der Waals surface area contributed by atoms with E-state index >= 15 is 0 Å². The third-order valence-electron chi connectivity index (χ3n) is 6.69. The maximum absolute atomic E-state index is 12.9. The highest BCUT2D eigenvalue weighted by atomic mass is 32.2. The first kappa shape index (κ1) is 23.4. The van der Waals surface area contributed by atoms with Gasteiger partial charge >= 0.3 is 10.2 Å². The van der Waals surface area contributed by atoms with Gasteiger partial charge in [-0.15, -0.1) is 4.40 Å². The molecule has 11 heteroatoms. The summed E-state index contributed by atoms with van der Waals surface area (Å²) in [6.07, 6.45) is 7.00. The van der Waals surface area contributed by atoms with Crippen LogP contribution >= 0.6 is 0 Å². The van der Waals surface area contributed by atoms with E-state index in [9.17, 15) is 13.2 Å². The highest BCUT2D eigenvalue weighted by molar-refractivity contribution is 7.91. The zero-order valence-electron chi connectivity index (χ0n) is 19.5. The second-order valence-electron chi connectivity index (χ2n) is 9.25. The van der Waals surface area contributed by atoms with Gasteiger partial charge in [0, 0.05) is 43.9 Å². The number of amidine groups is 1. The van der Waals surface area contributed by atoms with Crippen molar-refractivity contribution in [3.63, 3.8) is 0 Å². The standard InChI is InChI=1S/C24H30N6O4S/c25-23-22-19(27-35(32,33)28-23)7-4-8-20(22)34-16-17-6-5-13-30(15-17)21-14-18(9-10-26-21)24(31)29-11-2-1-3-12-29/h4,7-10,14,17,27H,1-3,5-6,11-13,15-16H2,(H2,25,28)/t17-/m0/s1. The summed E-state index contributed by atoms with van der Waals surface area (Å²) in [6.45, 7) is 3.70. The molecule has 2 saturated heterocycles. The smallest absolute Gasteiger partial charge is 0.344 e. The number of likely N-dealkylation sites (tertiary alicyclic amines) is 1. The van der Waals surface area contributed by atoms with E-state index in [2.05, 4.69) is 19.0 Å². The summed E-state index contributed by atoms with van der Waals surface area (Å²) >= 11 is 0. The van der Waals surface area contributed by atoms with Crippen molar-refractivity contribution in [2.75, 3.05) is 42.4 Å². The number of nitrogens with one attached hydrogen (secondary N) is 1. The van der Waals surface area contributed by atoms with Crippen molar-refractivity contribution >= 4 is 33.5 Å². The van der Waals surface area contributed by atoms with Crippen LogP contribution in [0.25, 0.3) is 0 Å². The lowest BCUT2D eigenvalue weighted by Crippen LogP contribution is -2.39. The highest BCUT2D eigenvalue weighted by Crippen LogP contribution is 2.31. The van der Waals surface area contributed by atoms with Gasteiger partial charge in [0.25, 0.3) is 5.91 Å². The molecular weight excluding hydrogens is 468 g/mol. The number of benzene rings is 1. The number of anilines is 2. The van der Waals surface area contributed by atoms with E-state index in [0.717, 1.165) is 57.7 Å². The molecule has 0 spiro atoms. The van der Waals surface area contributed by atoms with Gasteiger partial charge in [-0.25, -0.2) is 4.98 Å². The number of rotatable bonds is 5. The molecule has 1 aromatic heterocycles. The zero-order valence-corrected chi connectivity index (χ0v) is 20.3. The molecule has 1 amide bonds. The van der Waals surface area contributed by atoms with E-state index in [0.29, 0.717) is 29.2 Å². The fourth-order valence-electron chi connectivity index (χ4n) is 4.96. The molecule has 1 atom stereocenters. The Morgan fingerprint density at radius 1 is 1.14 bits per heavy atom. The minimum Gasteiger partial charge on any atom is -0.492 e. The fourth-order valence-corrected chi connectivity index (χ4v) is 5.80. The summed E-state index contributed by atoms with van der Waals surface area (Å²) in [6, 6.07) is 8.81. The first-order valence-electron chi connectivity index (χ1n) is 12.0. The second kappa shape index (κ2) is 9.73. The normalized spacial score (nSPS) is 21.5. The average molecular weight is 499 g/mol. The van der Waals surface area contributed by atoms with Gasteiger partial charge in [0.15, 0.2) is 5.84 Å². The van der Waals surface area contributed by atoms with E-state index in [4.69, 9.17) is 10.5 Å². The fraction of sp³-hybridized carbons (Fsp3) is 0.458. The second-order valence-corrected chi connectivity index (χ2v) is 10.6. The molecule has 0 saturated carbocycles. The summed E-state index contributed by atoms with van der Waals surface area (Å²) in [7, 11) is -3.84.